The van der Waals surface area contributed by atoms with Crippen molar-refractivity contribution in [2.24, 2.45) is 11.8 Å². The Morgan fingerprint density at radius 2 is 1.91 bits per heavy atom. The second-order valence-corrected chi connectivity index (χ2v) is 3.38. The van der Waals surface area contributed by atoms with Crippen molar-refractivity contribution in [3.63, 3.8) is 0 Å². The average Bonchev–Trinajstić information content (AvgIpc) is 2.40. The largest absolute Gasteiger partial charge is 0.378 e. The van der Waals surface area contributed by atoms with Crippen LogP contribution >= 0.6 is 0 Å². The van der Waals surface area contributed by atoms with Crippen LogP contribution in [-0.4, -0.2) is 12.7 Å². The molecule has 1 saturated heterocycles. The number of terminal acetylenes is 1. The molecule has 0 saturated carbocycles. The molecule has 0 bridgehead atoms. The lowest BCUT2D eigenvalue weighted by Gasteiger charge is -2.10. The van der Waals surface area contributed by atoms with Gasteiger partial charge in [-0.1, -0.05) is 13.8 Å². The summed E-state index contributed by atoms with van der Waals surface area (Å²) in [7, 11) is 0. The first-order valence-corrected chi connectivity index (χ1v) is 4.15. The summed E-state index contributed by atoms with van der Waals surface area (Å²) in [6, 6.07) is 0. The van der Waals surface area contributed by atoms with Crippen LogP contribution in [0.4, 0.5) is 0 Å². The van der Waals surface area contributed by atoms with Crippen molar-refractivity contribution in [3.05, 3.63) is 0 Å². The van der Waals surface area contributed by atoms with E-state index in [1.807, 2.05) is 0 Å². The van der Waals surface area contributed by atoms with Gasteiger partial charge >= 0.3 is 0 Å². The van der Waals surface area contributed by atoms with Crippen molar-refractivity contribution in [1.82, 2.24) is 0 Å². The molecule has 0 spiro atoms. The van der Waals surface area contributed by atoms with Crippen LogP contribution in [0.2, 0.25) is 0 Å². The Morgan fingerprint density at radius 3 is 2.09 bits per heavy atom. The Balaban J connectivity index is 0.000000461. The van der Waals surface area contributed by atoms with E-state index in [1.165, 1.54) is 6.42 Å². The smallest absolute Gasteiger partial charge is 0.0550 e. The Morgan fingerprint density at radius 1 is 1.36 bits per heavy atom. The predicted octanol–water partition coefficient (Wildman–Crippen LogP) is 2.32. The van der Waals surface area contributed by atoms with Gasteiger partial charge < -0.3 is 4.74 Å². The van der Waals surface area contributed by atoms with Crippen LogP contribution in [0.3, 0.4) is 0 Å². The van der Waals surface area contributed by atoms with Crippen LogP contribution < -0.4 is 0 Å². The molecule has 0 aliphatic carbocycles. The Hall–Kier alpha value is -0.480. The minimum absolute atomic E-state index is 0.511. The zero-order valence-corrected chi connectivity index (χ0v) is 7.71. The molecule has 11 heavy (non-hydrogen) atoms. The standard InChI is InChI=1S/C8H16O.C2H2/c1-6(2)8-4-7(3)9-5-8;1-2/h6-8H,4-5H2,1-3H3;1-2H. The number of hydrogen-bond donors (Lipinski definition) is 0. The van der Waals surface area contributed by atoms with Gasteiger partial charge in [-0.05, 0) is 25.2 Å². The highest BCUT2D eigenvalue weighted by molar-refractivity contribution is 4.72. The summed E-state index contributed by atoms with van der Waals surface area (Å²) in [4.78, 5) is 0. The molecule has 1 heterocycles. The van der Waals surface area contributed by atoms with Gasteiger partial charge in [0.2, 0.25) is 0 Å². The van der Waals surface area contributed by atoms with E-state index in [0.29, 0.717) is 6.10 Å². The SMILES string of the molecule is C#C.CC1CC(C(C)C)CO1. The van der Waals surface area contributed by atoms with Crippen LogP contribution in [0.25, 0.3) is 0 Å². The molecule has 2 unspecified atom stereocenters. The fourth-order valence-corrected chi connectivity index (χ4v) is 1.31. The van der Waals surface area contributed by atoms with Gasteiger partial charge in [0.1, 0.15) is 0 Å². The van der Waals surface area contributed by atoms with Crippen LogP contribution in [0.5, 0.6) is 0 Å². The molecule has 1 aliphatic heterocycles. The van der Waals surface area contributed by atoms with E-state index >= 15 is 0 Å². The highest BCUT2D eigenvalue weighted by Crippen LogP contribution is 2.25. The van der Waals surface area contributed by atoms with Crippen molar-refractivity contribution < 1.29 is 4.74 Å². The van der Waals surface area contributed by atoms with E-state index in [4.69, 9.17) is 4.74 Å². The highest BCUT2D eigenvalue weighted by atomic mass is 16.5. The maximum Gasteiger partial charge on any atom is 0.0550 e. The maximum absolute atomic E-state index is 5.43. The Bertz CT molecular complexity index is 115. The molecule has 64 valence electrons. The Labute approximate surface area is 70.1 Å². The second kappa shape index (κ2) is 5.21. The van der Waals surface area contributed by atoms with E-state index in [2.05, 4.69) is 33.6 Å². The van der Waals surface area contributed by atoms with E-state index in [0.717, 1.165) is 18.4 Å². The van der Waals surface area contributed by atoms with Crippen LogP contribution in [0.15, 0.2) is 0 Å². The zero-order valence-electron chi connectivity index (χ0n) is 7.71. The maximum atomic E-state index is 5.43. The van der Waals surface area contributed by atoms with Crippen molar-refractivity contribution in [2.75, 3.05) is 6.61 Å². The molecule has 0 aromatic rings. The second-order valence-electron chi connectivity index (χ2n) is 3.38. The summed E-state index contributed by atoms with van der Waals surface area (Å²) in [5, 5.41) is 0. The van der Waals surface area contributed by atoms with Crippen molar-refractivity contribution in [1.29, 1.82) is 0 Å². The topological polar surface area (TPSA) is 9.23 Å². The predicted molar refractivity (Wildman–Crippen MR) is 48.2 cm³/mol. The van der Waals surface area contributed by atoms with E-state index in [1.54, 1.807) is 0 Å². The van der Waals surface area contributed by atoms with E-state index in [-0.39, 0.29) is 0 Å². The van der Waals surface area contributed by atoms with Crippen LogP contribution in [0, 0.1) is 24.7 Å². The van der Waals surface area contributed by atoms with Crippen molar-refractivity contribution in [3.8, 4) is 12.8 Å². The normalized spacial score (nSPS) is 29.6. The zero-order chi connectivity index (χ0) is 8.85. The van der Waals surface area contributed by atoms with Gasteiger partial charge in [0.15, 0.2) is 0 Å². The van der Waals surface area contributed by atoms with E-state index in [9.17, 15) is 0 Å². The van der Waals surface area contributed by atoms with Crippen LogP contribution in [0.1, 0.15) is 27.2 Å². The summed E-state index contributed by atoms with van der Waals surface area (Å²) in [5.74, 6) is 1.62. The first-order valence-electron chi connectivity index (χ1n) is 4.15. The van der Waals surface area contributed by atoms with Gasteiger partial charge in [0.25, 0.3) is 0 Å². The molecule has 1 rings (SSSR count). The highest BCUT2D eigenvalue weighted by Gasteiger charge is 2.23. The molecule has 1 aliphatic rings. The third-order valence-electron chi connectivity index (χ3n) is 2.17. The fraction of sp³-hybridized carbons (Fsp3) is 0.800. The number of ether oxygens (including phenoxy) is 1. The minimum atomic E-state index is 0.511. The third-order valence-corrected chi connectivity index (χ3v) is 2.17. The van der Waals surface area contributed by atoms with Gasteiger partial charge in [-0.15, -0.1) is 12.8 Å². The molecular formula is C10H18O. The summed E-state index contributed by atoms with van der Waals surface area (Å²) >= 11 is 0. The number of hydrogen-bond acceptors (Lipinski definition) is 1. The molecule has 1 fully saturated rings. The Kier molecular flexibility index (Phi) is 4.98. The number of rotatable bonds is 1. The van der Waals surface area contributed by atoms with Crippen LogP contribution in [-0.2, 0) is 4.74 Å². The minimum Gasteiger partial charge on any atom is -0.378 e. The molecule has 0 aromatic carbocycles. The first-order chi connectivity index (χ1) is 5.20. The first kappa shape index (κ1) is 10.5. The van der Waals surface area contributed by atoms with Crippen molar-refractivity contribution in [2.45, 2.75) is 33.3 Å². The summed E-state index contributed by atoms with van der Waals surface area (Å²) in [5.41, 5.74) is 0. The third kappa shape index (κ3) is 3.43. The molecule has 2 atom stereocenters. The van der Waals surface area contributed by atoms with Gasteiger partial charge in [0.05, 0.1) is 12.7 Å². The monoisotopic (exact) mass is 154 g/mol. The lowest BCUT2D eigenvalue weighted by atomic mass is 9.94. The summed E-state index contributed by atoms with van der Waals surface area (Å²) < 4.78 is 5.43. The van der Waals surface area contributed by atoms with Gasteiger partial charge in [-0.3, -0.25) is 0 Å². The average molecular weight is 154 g/mol. The molecular weight excluding hydrogens is 136 g/mol. The molecule has 0 aromatic heterocycles. The molecule has 0 amide bonds. The fourth-order valence-electron chi connectivity index (χ4n) is 1.31. The van der Waals surface area contributed by atoms with Gasteiger partial charge in [-0.25, -0.2) is 0 Å². The lowest BCUT2D eigenvalue weighted by molar-refractivity contribution is 0.116. The molecule has 0 N–H and O–H groups in total. The molecule has 1 nitrogen and oxygen atoms in total. The van der Waals surface area contributed by atoms with Gasteiger partial charge in [0, 0.05) is 0 Å². The van der Waals surface area contributed by atoms with E-state index < -0.39 is 0 Å². The molecule has 0 radical (unpaired) electrons. The lowest BCUT2D eigenvalue weighted by Crippen LogP contribution is -2.07. The van der Waals surface area contributed by atoms with Gasteiger partial charge in [-0.2, -0.15) is 0 Å². The summed E-state index contributed by atoms with van der Waals surface area (Å²) in [6.07, 6.45) is 9.77. The quantitative estimate of drug-likeness (QED) is 0.527. The molecule has 1 heteroatoms. The van der Waals surface area contributed by atoms with Crippen molar-refractivity contribution >= 4 is 0 Å². The summed E-state index contributed by atoms with van der Waals surface area (Å²) in [6.45, 7) is 7.68.